The van der Waals surface area contributed by atoms with Crippen molar-refractivity contribution in [2.45, 2.75) is 0 Å². The van der Waals surface area contributed by atoms with Gasteiger partial charge >= 0.3 is 0 Å². The Morgan fingerprint density at radius 3 is 1.00 bits per heavy atom. The molecule has 0 aromatic rings. The zero-order valence-corrected chi connectivity index (χ0v) is 12.1. The molecule has 4 heavy (non-hydrogen) atoms. The topological polar surface area (TPSA) is 20.2 Å². The van der Waals surface area contributed by atoms with Crippen molar-refractivity contribution in [1.82, 2.24) is 0 Å². The molecule has 0 heterocycles. The quantitative estimate of drug-likeness (QED) is 0.495. The van der Waals surface area contributed by atoms with Crippen LogP contribution in [0.25, 0.3) is 0 Å². The van der Waals surface area contributed by atoms with Crippen LogP contribution in [0.3, 0.4) is 0 Å². The van der Waals surface area contributed by atoms with Gasteiger partial charge in [-0.15, -0.1) is 0 Å². The van der Waals surface area contributed by atoms with Crippen LogP contribution >= 0.6 is 0 Å². The Morgan fingerprint density at radius 1 is 1.00 bits per heavy atom. The van der Waals surface area contributed by atoms with E-state index >= 15 is 0 Å². The second kappa shape index (κ2) is 17.0. The first-order valence-electron chi connectivity index (χ1n) is 0.447. The summed E-state index contributed by atoms with van der Waals surface area (Å²) >= 11 is 0. The molecule has 0 saturated carbocycles. The maximum absolute atomic E-state index is 7.00. The van der Waals surface area contributed by atoms with Gasteiger partial charge in [0.2, 0.25) is 0 Å². The third-order valence-corrected chi connectivity index (χ3v) is 0. The molecule has 20 valence electrons. The van der Waals surface area contributed by atoms with Gasteiger partial charge in [0.15, 0.2) is 0 Å². The first-order chi connectivity index (χ1) is 1.00. The zero-order valence-electron chi connectivity index (χ0n) is 2.60. The third-order valence-electron chi connectivity index (χ3n) is 0. The van der Waals surface area contributed by atoms with Crippen molar-refractivity contribution in [3.8, 4) is 0 Å². The minimum absolute atomic E-state index is 0. The van der Waals surface area contributed by atoms with Crippen LogP contribution in [-0.4, -0.2) is 12.2 Å². The Labute approximate surface area is 97.6 Å². The Kier molecular flexibility index (Phi) is 67.1. The third kappa shape index (κ3) is 8.85. The van der Waals surface area contributed by atoms with Crippen molar-refractivity contribution in [2.75, 3.05) is 7.11 Å². The molecular formula is CH4Ac2O. The number of rotatable bonds is 0. The molecule has 3 heteroatoms. The number of hydrogen-bond acceptors (Lipinski definition) is 1. The van der Waals surface area contributed by atoms with Crippen LogP contribution in [-0.2, 0) is 0 Å². The molecule has 0 aromatic carbocycles. The predicted octanol–water partition coefficient (Wildman–Crippen LogP) is -0.392. The average Bonchev–Trinajstić information content (AvgIpc) is 1.00. The Balaban J connectivity index is -0.00000000500. The summed E-state index contributed by atoms with van der Waals surface area (Å²) in [7, 11) is 1.00. The maximum atomic E-state index is 7.00. The average molecular weight is 486 g/mol. The second-order valence-corrected chi connectivity index (χ2v) is 0. The summed E-state index contributed by atoms with van der Waals surface area (Å²) in [6.45, 7) is 0. The van der Waals surface area contributed by atoms with E-state index in [1.165, 1.54) is 0 Å². The molecule has 0 fully saturated rings. The Bertz CT molecular complexity index is 6.00. The monoisotopic (exact) mass is 486 g/mol. The molecule has 0 unspecified atom stereocenters. The van der Waals surface area contributed by atoms with Crippen LogP contribution in [0.4, 0.5) is 0 Å². The molecule has 0 bridgehead atoms. The Hall–Kier alpha value is 2.84. The smallest absolute Gasteiger partial charge is 0.0319 e. The van der Waals surface area contributed by atoms with E-state index in [9.17, 15) is 0 Å². The molecule has 0 amide bonds. The van der Waals surface area contributed by atoms with Crippen molar-refractivity contribution in [2.24, 2.45) is 0 Å². The van der Waals surface area contributed by atoms with E-state index in [2.05, 4.69) is 0 Å². The van der Waals surface area contributed by atoms with Crippen molar-refractivity contribution >= 4 is 0 Å². The summed E-state index contributed by atoms with van der Waals surface area (Å²) in [6, 6.07) is 0. The minimum atomic E-state index is 0. The van der Waals surface area contributed by atoms with Crippen LogP contribution < -0.4 is 0 Å². The van der Waals surface area contributed by atoms with Crippen molar-refractivity contribution in [3.05, 3.63) is 0 Å². The maximum Gasteiger partial charge on any atom is 0.0319 e. The largest absolute Gasteiger partial charge is 0.400 e. The molecule has 0 spiro atoms. The fourth-order valence-corrected chi connectivity index (χ4v) is 0. The van der Waals surface area contributed by atoms with Gasteiger partial charge in [-0.2, -0.15) is 0 Å². The van der Waals surface area contributed by atoms with Gasteiger partial charge in [0.1, 0.15) is 0 Å². The van der Waals surface area contributed by atoms with E-state index in [4.69, 9.17) is 5.11 Å². The number of aliphatic hydroxyl groups is 1. The second-order valence-electron chi connectivity index (χ2n) is 0. The SMILES string of the molecule is CO.[Ac].[Ac]. The summed E-state index contributed by atoms with van der Waals surface area (Å²) in [6.07, 6.45) is 0. The minimum Gasteiger partial charge on any atom is -0.400 e. The van der Waals surface area contributed by atoms with E-state index in [0.717, 1.165) is 7.11 Å². The van der Waals surface area contributed by atoms with Gasteiger partial charge in [-0.1, -0.05) is 0 Å². The van der Waals surface area contributed by atoms with E-state index in [-0.39, 0.29) is 88.1 Å². The number of hydrogen-bond donors (Lipinski definition) is 1. The summed E-state index contributed by atoms with van der Waals surface area (Å²) in [5.74, 6) is 0. The van der Waals surface area contributed by atoms with Gasteiger partial charge < -0.3 is 5.11 Å². The van der Waals surface area contributed by atoms with Gasteiger partial charge in [0.05, 0.1) is 0 Å². The van der Waals surface area contributed by atoms with E-state index in [0.29, 0.717) is 0 Å². The van der Waals surface area contributed by atoms with Crippen LogP contribution in [0, 0.1) is 88.1 Å². The van der Waals surface area contributed by atoms with E-state index in [1.54, 1.807) is 0 Å². The van der Waals surface area contributed by atoms with Crippen molar-refractivity contribution < 1.29 is 93.2 Å². The normalized spacial score (nSPS) is 1.50. The van der Waals surface area contributed by atoms with Crippen LogP contribution in [0.15, 0.2) is 0 Å². The predicted molar refractivity (Wildman–Crippen MR) is 8.14 cm³/mol. The van der Waals surface area contributed by atoms with Crippen LogP contribution in [0.5, 0.6) is 0 Å². The van der Waals surface area contributed by atoms with Gasteiger partial charge in [-0.3, -0.25) is 0 Å². The molecule has 1 N–H and O–H groups in total. The van der Waals surface area contributed by atoms with Crippen LogP contribution in [0.1, 0.15) is 0 Å². The standard InChI is InChI=1S/CH4O.2Ac/c1-2;;/h2H,1H3;;. The molecular weight excluding hydrogens is 482 g/mol. The first kappa shape index (κ1) is 15.8. The zero-order chi connectivity index (χ0) is 2.00. The fourth-order valence-electron chi connectivity index (χ4n) is 0. The van der Waals surface area contributed by atoms with E-state index in [1.807, 2.05) is 0 Å². The molecule has 0 aromatic heterocycles. The van der Waals surface area contributed by atoms with Crippen molar-refractivity contribution in [3.63, 3.8) is 0 Å². The fraction of sp³-hybridized carbons (Fsp3) is 1.00. The van der Waals surface area contributed by atoms with Gasteiger partial charge in [0, 0.05) is 95.2 Å². The molecule has 2 radical (unpaired) electrons. The Morgan fingerprint density at radius 2 is 1.00 bits per heavy atom. The van der Waals surface area contributed by atoms with Gasteiger partial charge in [0.25, 0.3) is 0 Å². The molecule has 0 aliphatic rings. The molecule has 1 nitrogen and oxygen atoms in total. The van der Waals surface area contributed by atoms with Crippen molar-refractivity contribution in [1.29, 1.82) is 0 Å². The van der Waals surface area contributed by atoms with E-state index < -0.39 is 0 Å². The van der Waals surface area contributed by atoms with Gasteiger partial charge in [-0.05, 0) is 0 Å². The molecule has 0 atom stereocenters. The van der Waals surface area contributed by atoms with Gasteiger partial charge in [-0.25, -0.2) is 0 Å². The molecule has 0 aliphatic carbocycles. The molecule has 0 rings (SSSR count). The summed E-state index contributed by atoms with van der Waals surface area (Å²) < 4.78 is 0. The summed E-state index contributed by atoms with van der Waals surface area (Å²) in [5, 5.41) is 7.00. The first-order valence-corrected chi connectivity index (χ1v) is 0.447. The molecule has 0 saturated heterocycles. The van der Waals surface area contributed by atoms with Crippen LogP contribution in [0.2, 0.25) is 0 Å². The molecule has 0 aliphatic heterocycles. The summed E-state index contributed by atoms with van der Waals surface area (Å²) in [4.78, 5) is 0. The number of aliphatic hydroxyl groups excluding tert-OH is 1. The summed E-state index contributed by atoms with van der Waals surface area (Å²) in [5.41, 5.74) is 0.